The minimum atomic E-state index is -4.05. The lowest BCUT2D eigenvalue weighted by Gasteiger charge is -2.26. The first-order valence-corrected chi connectivity index (χ1v) is 12.2. The van der Waals surface area contributed by atoms with Gasteiger partial charge in [0.2, 0.25) is 5.91 Å². The summed E-state index contributed by atoms with van der Waals surface area (Å²) in [6.07, 6.45) is 0. The Morgan fingerprint density at radius 1 is 1.00 bits per heavy atom. The molecule has 5 nitrogen and oxygen atoms in total. The summed E-state index contributed by atoms with van der Waals surface area (Å²) < 4.78 is 27.8. The van der Waals surface area contributed by atoms with Crippen LogP contribution in [0.25, 0.3) is 0 Å². The number of hydrogen-bond donors (Lipinski definition) is 1. The van der Waals surface area contributed by atoms with E-state index in [1.54, 1.807) is 18.2 Å². The van der Waals surface area contributed by atoms with E-state index >= 15 is 0 Å². The van der Waals surface area contributed by atoms with Gasteiger partial charge in [0.15, 0.2) is 0 Å². The molecule has 1 atom stereocenters. The van der Waals surface area contributed by atoms with Crippen LogP contribution in [0.4, 0.5) is 5.69 Å². The Hall–Kier alpha value is -2.54. The average Bonchev–Trinajstić information content (AvgIpc) is 2.73. The number of aryl methyl sites for hydroxylation is 2. The Morgan fingerprint density at radius 2 is 1.69 bits per heavy atom. The lowest BCUT2D eigenvalue weighted by Crippen LogP contribution is -2.41. The third kappa shape index (κ3) is 5.44. The maximum Gasteiger partial charge on any atom is 0.264 e. The first kappa shape index (κ1) is 24.1. The molecule has 8 heteroatoms. The number of rotatable bonds is 7. The number of amides is 1. The number of halogens is 2. The summed E-state index contributed by atoms with van der Waals surface area (Å²) >= 11 is 12.3. The molecule has 0 saturated carbocycles. The highest BCUT2D eigenvalue weighted by atomic mass is 35.5. The van der Waals surface area contributed by atoms with Gasteiger partial charge in [-0.25, -0.2) is 8.42 Å². The van der Waals surface area contributed by atoms with Gasteiger partial charge in [-0.05, 0) is 62.2 Å². The third-order valence-electron chi connectivity index (χ3n) is 5.07. The molecule has 1 amide bonds. The SMILES string of the molecule is Cc1ccc(C(C)NC(=O)CN(c2ccc(Cl)cc2Cl)S(=O)(=O)c2ccccc2)c(C)c1. The number of nitrogens with zero attached hydrogens (tertiary/aromatic N) is 1. The highest BCUT2D eigenvalue weighted by Crippen LogP contribution is 2.32. The zero-order valence-corrected chi connectivity index (χ0v) is 20.3. The zero-order valence-electron chi connectivity index (χ0n) is 18.0. The predicted octanol–water partition coefficient (Wildman–Crippen LogP) is 5.68. The van der Waals surface area contributed by atoms with Gasteiger partial charge in [-0.15, -0.1) is 0 Å². The molecule has 0 spiro atoms. The molecule has 0 saturated heterocycles. The molecule has 168 valence electrons. The predicted molar refractivity (Wildman–Crippen MR) is 130 cm³/mol. The van der Waals surface area contributed by atoms with Crippen LogP contribution in [-0.2, 0) is 14.8 Å². The molecule has 1 N–H and O–H groups in total. The molecule has 0 aliphatic rings. The van der Waals surface area contributed by atoms with Gasteiger partial charge >= 0.3 is 0 Å². The van der Waals surface area contributed by atoms with E-state index in [0.717, 1.165) is 21.0 Å². The summed E-state index contributed by atoms with van der Waals surface area (Å²) in [6, 6.07) is 18.1. The van der Waals surface area contributed by atoms with E-state index in [-0.39, 0.29) is 21.6 Å². The second-order valence-electron chi connectivity index (χ2n) is 7.57. The highest BCUT2D eigenvalue weighted by molar-refractivity contribution is 7.92. The quantitative estimate of drug-likeness (QED) is 0.462. The molecule has 0 radical (unpaired) electrons. The van der Waals surface area contributed by atoms with E-state index in [9.17, 15) is 13.2 Å². The zero-order chi connectivity index (χ0) is 23.5. The van der Waals surface area contributed by atoms with Crippen molar-refractivity contribution >= 4 is 44.8 Å². The first-order chi connectivity index (χ1) is 15.1. The number of benzene rings is 3. The van der Waals surface area contributed by atoms with Crippen LogP contribution in [0.5, 0.6) is 0 Å². The Bertz CT molecular complexity index is 1230. The van der Waals surface area contributed by atoms with Crippen molar-refractivity contribution in [3.05, 3.63) is 93.5 Å². The summed E-state index contributed by atoms with van der Waals surface area (Å²) in [7, 11) is -4.05. The van der Waals surface area contributed by atoms with Crippen LogP contribution in [0.2, 0.25) is 10.0 Å². The fourth-order valence-corrected chi connectivity index (χ4v) is 5.53. The lowest BCUT2D eigenvalue weighted by atomic mass is 10.0. The van der Waals surface area contributed by atoms with E-state index in [1.165, 1.54) is 30.3 Å². The van der Waals surface area contributed by atoms with E-state index < -0.39 is 22.5 Å². The first-order valence-electron chi connectivity index (χ1n) is 9.99. The molecule has 0 aromatic heterocycles. The van der Waals surface area contributed by atoms with Crippen molar-refractivity contribution in [1.29, 1.82) is 0 Å². The molecule has 0 bridgehead atoms. The number of sulfonamides is 1. The second-order valence-corrected chi connectivity index (χ2v) is 10.3. The molecule has 3 rings (SSSR count). The van der Waals surface area contributed by atoms with Crippen LogP contribution in [0, 0.1) is 13.8 Å². The Morgan fingerprint density at radius 3 is 2.31 bits per heavy atom. The van der Waals surface area contributed by atoms with Crippen LogP contribution in [0.3, 0.4) is 0 Å². The number of anilines is 1. The minimum absolute atomic E-state index is 0.0567. The Labute approximate surface area is 199 Å². The Balaban J connectivity index is 1.93. The van der Waals surface area contributed by atoms with Gasteiger partial charge < -0.3 is 5.32 Å². The third-order valence-corrected chi connectivity index (χ3v) is 7.38. The van der Waals surface area contributed by atoms with Crippen molar-refractivity contribution in [2.75, 3.05) is 10.8 Å². The standard InChI is InChI=1S/C24H24Cl2N2O3S/c1-16-9-11-21(17(2)13-16)18(3)27-24(29)15-28(23-12-10-19(25)14-22(23)26)32(30,31)20-7-5-4-6-8-20/h4-14,18H,15H2,1-3H3,(H,27,29). The minimum Gasteiger partial charge on any atom is -0.348 e. The van der Waals surface area contributed by atoms with Crippen molar-refractivity contribution in [2.45, 2.75) is 31.7 Å². The van der Waals surface area contributed by atoms with E-state index in [4.69, 9.17) is 23.2 Å². The Kier molecular flexibility index (Phi) is 7.49. The monoisotopic (exact) mass is 490 g/mol. The largest absolute Gasteiger partial charge is 0.348 e. The van der Waals surface area contributed by atoms with Crippen LogP contribution in [-0.4, -0.2) is 20.9 Å². The molecule has 3 aromatic carbocycles. The van der Waals surface area contributed by atoms with Gasteiger partial charge in [0.1, 0.15) is 6.54 Å². The molecule has 32 heavy (non-hydrogen) atoms. The number of carbonyl (C=O) groups excluding carboxylic acids is 1. The van der Waals surface area contributed by atoms with Crippen LogP contribution in [0.1, 0.15) is 29.7 Å². The molecule has 0 aliphatic carbocycles. The van der Waals surface area contributed by atoms with Crippen molar-refractivity contribution in [1.82, 2.24) is 5.32 Å². The van der Waals surface area contributed by atoms with Crippen LogP contribution in [0.15, 0.2) is 71.6 Å². The summed E-state index contributed by atoms with van der Waals surface area (Å²) in [4.78, 5) is 13.0. The van der Waals surface area contributed by atoms with Crippen LogP contribution < -0.4 is 9.62 Å². The lowest BCUT2D eigenvalue weighted by molar-refractivity contribution is -0.120. The number of carbonyl (C=O) groups is 1. The van der Waals surface area contributed by atoms with Gasteiger partial charge in [-0.1, -0.05) is 65.2 Å². The van der Waals surface area contributed by atoms with Gasteiger partial charge in [-0.3, -0.25) is 9.10 Å². The summed E-state index contributed by atoms with van der Waals surface area (Å²) in [5.74, 6) is -0.456. The van der Waals surface area contributed by atoms with Crippen molar-refractivity contribution in [3.8, 4) is 0 Å². The van der Waals surface area contributed by atoms with E-state index in [1.807, 2.05) is 39.0 Å². The van der Waals surface area contributed by atoms with Crippen molar-refractivity contribution < 1.29 is 13.2 Å². The fourth-order valence-electron chi connectivity index (χ4n) is 3.51. The molecular weight excluding hydrogens is 467 g/mol. The normalized spacial score (nSPS) is 12.3. The van der Waals surface area contributed by atoms with Gasteiger partial charge in [-0.2, -0.15) is 0 Å². The van der Waals surface area contributed by atoms with Crippen molar-refractivity contribution in [2.24, 2.45) is 0 Å². The fraction of sp³-hybridized carbons (Fsp3) is 0.208. The molecule has 1 unspecified atom stereocenters. The summed E-state index contributed by atoms with van der Waals surface area (Å²) in [6.45, 7) is 5.40. The number of hydrogen-bond acceptors (Lipinski definition) is 3. The van der Waals surface area contributed by atoms with E-state index in [0.29, 0.717) is 5.02 Å². The summed E-state index contributed by atoms with van der Waals surface area (Å²) in [5, 5.41) is 3.39. The average molecular weight is 491 g/mol. The van der Waals surface area contributed by atoms with Gasteiger partial charge in [0.25, 0.3) is 10.0 Å². The maximum absolute atomic E-state index is 13.4. The second kappa shape index (κ2) is 9.94. The molecule has 3 aromatic rings. The number of nitrogens with one attached hydrogen (secondary N) is 1. The molecular formula is C24H24Cl2N2O3S. The molecule has 0 aliphatic heterocycles. The highest BCUT2D eigenvalue weighted by Gasteiger charge is 2.29. The topological polar surface area (TPSA) is 66.5 Å². The smallest absolute Gasteiger partial charge is 0.264 e. The summed E-state index contributed by atoms with van der Waals surface area (Å²) in [5.41, 5.74) is 3.31. The van der Waals surface area contributed by atoms with Crippen molar-refractivity contribution in [3.63, 3.8) is 0 Å². The van der Waals surface area contributed by atoms with E-state index in [2.05, 4.69) is 5.32 Å². The molecule has 0 fully saturated rings. The van der Waals surface area contributed by atoms with Crippen LogP contribution >= 0.6 is 23.2 Å². The molecule has 0 heterocycles. The maximum atomic E-state index is 13.4. The van der Waals surface area contributed by atoms with Gasteiger partial charge in [0.05, 0.1) is 21.6 Å². The van der Waals surface area contributed by atoms with Gasteiger partial charge in [0, 0.05) is 5.02 Å².